The number of aromatic amines is 1. The van der Waals surface area contributed by atoms with Crippen molar-refractivity contribution in [3.05, 3.63) is 70.9 Å². The molecule has 4 fully saturated rings. The summed E-state index contributed by atoms with van der Waals surface area (Å²) < 4.78 is 24.3. The molecule has 3 aromatic rings. The molecule has 1 amide bonds. The van der Waals surface area contributed by atoms with E-state index in [1.165, 1.54) is 21.1 Å². The molecule has 0 radical (unpaired) electrons. The van der Waals surface area contributed by atoms with E-state index in [1.807, 2.05) is 37.1 Å². The summed E-state index contributed by atoms with van der Waals surface area (Å²) in [5.74, 6) is -1.34. The first-order chi connectivity index (χ1) is 31.7. The molecule has 1 aromatic heterocycles. The SMILES string of the molecule is CC[C@]1(NC(=O)C2CCCC2)C[C@H]2CN(CCc3c([nH]c4ccccc34)[C@@](C(=O)OC)(c3cc4c(cc3OC)N(C)[C@H]3[C@@](O)(C(=O)OC)[C@H](OC(C)=O)[C@]5(CC)C=CCN6CC[C@]43[C@@H]65)C2)C1. The minimum Gasteiger partial charge on any atom is -0.496 e. The largest absolute Gasteiger partial charge is 0.496 e. The fraction of sp³-hybridized carbons (Fsp3) is 0.615. The number of nitrogens with one attached hydrogen (secondary N) is 2. The minimum atomic E-state index is -2.31. The Hall–Kier alpha value is -4.92. The number of fused-ring (bicyclic) bond motifs is 6. The number of nitrogens with zero attached hydrogens (tertiary/aromatic N) is 3. The smallest absolute Gasteiger partial charge is 0.344 e. The van der Waals surface area contributed by atoms with Crippen LogP contribution in [-0.4, -0.2) is 134 Å². The van der Waals surface area contributed by atoms with Gasteiger partial charge in [0.15, 0.2) is 6.10 Å². The van der Waals surface area contributed by atoms with E-state index in [2.05, 4.69) is 57.4 Å². The number of hydrogen-bond acceptors (Lipinski definition) is 12. The highest BCUT2D eigenvalue weighted by molar-refractivity contribution is 5.95. The van der Waals surface area contributed by atoms with Gasteiger partial charge in [-0.2, -0.15) is 0 Å². The molecule has 2 saturated heterocycles. The number of esters is 3. The van der Waals surface area contributed by atoms with Crippen molar-refractivity contribution >= 4 is 40.4 Å². The van der Waals surface area contributed by atoms with Crippen LogP contribution in [-0.2, 0) is 50.6 Å². The average Bonchev–Trinajstić information content (AvgIpc) is 4.13. The van der Waals surface area contributed by atoms with Crippen molar-refractivity contribution in [3.8, 4) is 5.75 Å². The van der Waals surface area contributed by atoms with E-state index in [4.69, 9.17) is 18.9 Å². The van der Waals surface area contributed by atoms with E-state index in [-0.39, 0.29) is 23.8 Å². The second-order valence-corrected chi connectivity index (χ2v) is 20.7. The van der Waals surface area contributed by atoms with Crippen LogP contribution in [0.2, 0.25) is 0 Å². The number of piperidine rings is 1. The molecule has 10 rings (SSSR count). The van der Waals surface area contributed by atoms with Crippen molar-refractivity contribution in [2.75, 3.05) is 66.0 Å². The van der Waals surface area contributed by atoms with Crippen molar-refractivity contribution in [1.82, 2.24) is 20.1 Å². The summed E-state index contributed by atoms with van der Waals surface area (Å²) in [6, 6.07) is 11.1. The summed E-state index contributed by atoms with van der Waals surface area (Å²) in [6.07, 6.45) is 10.3. The Bertz CT molecular complexity index is 2500. The maximum atomic E-state index is 15.7. The van der Waals surface area contributed by atoms with Gasteiger partial charge in [0, 0.05) is 96.9 Å². The number of anilines is 1. The van der Waals surface area contributed by atoms with Gasteiger partial charge in [-0.15, -0.1) is 0 Å². The number of amides is 1. The van der Waals surface area contributed by atoms with Crippen LogP contribution < -0.4 is 15.0 Å². The fourth-order valence-electron chi connectivity index (χ4n) is 15.3. The molecule has 2 aliphatic carbocycles. The summed E-state index contributed by atoms with van der Waals surface area (Å²) in [6.45, 7) is 9.00. The van der Waals surface area contributed by atoms with Crippen molar-refractivity contribution in [1.29, 1.82) is 0 Å². The standard InChI is InChI=1S/C52H67N5O9/c1-8-48(54-42(59)33-15-10-11-16-33)27-32-28-51(46(60)64-6,41-35(19-23-56(29-32)30-48)34-17-12-13-18-38(34)53-41)37-25-36-39(26-40(37)63-5)55(4)44-50(36)21-24-57-22-14-20-49(9-2,43(50)57)45(66-31(3)58)52(44,62)47(61)65-7/h12-14,17-18,20,25-26,32-33,43-45,53,62H,8-11,15-16,19,21-24,27-30H2,1-7H3,(H,54,59)/t32-,43+,44-,45-,48+,49-,50-,51+,52+/m1/s1. The topological polar surface area (TPSA) is 163 Å². The highest BCUT2D eigenvalue weighted by atomic mass is 16.6. The van der Waals surface area contributed by atoms with E-state index >= 15 is 4.79 Å². The molecule has 2 aromatic carbocycles. The predicted octanol–water partition coefficient (Wildman–Crippen LogP) is 5.31. The molecular weight excluding hydrogens is 839 g/mol. The summed E-state index contributed by atoms with van der Waals surface area (Å²) in [7, 11) is 6.22. The van der Waals surface area contributed by atoms with Gasteiger partial charge in [-0.25, -0.2) is 4.79 Å². The number of methoxy groups -OCH3 is 3. The third-order valence-corrected chi connectivity index (χ3v) is 17.8. The Labute approximate surface area is 387 Å². The summed E-state index contributed by atoms with van der Waals surface area (Å²) >= 11 is 0. The number of rotatable bonds is 9. The molecule has 14 heteroatoms. The van der Waals surface area contributed by atoms with Crippen molar-refractivity contribution in [3.63, 3.8) is 0 Å². The van der Waals surface area contributed by atoms with Gasteiger partial charge < -0.3 is 44.2 Å². The van der Waals surface area contributed by atoms with Crippen LogP contribution in [0.1, 0.15) is 101 Å². The number of aliphatic hydroxyl groups is 1. The van der Waals surface area contributed by atoms with Crippen LogP contribution in [0, 0.1) is 17.3 Å². The van der Waals surface area contributed by atoms with Gasteiger partial charge in [0.25, 0.3) is 0 Å². The Kier molecular flexibility index (Phi) is 11.0. The molecule has 354 valence electrons. The number of aromatic nitrogens is 1. The molecule has 7 aliphatic rings. The molecule has 66 heavy (non-hydrogen) atoms. The molecule has 3 N–H and O–H groups in total. The molecule has 10 atom stereocenters. The third-order valence-electron chi connectivity index (χ3n) is 17.8. The predicted molar refractivity (Wildman–Crippen MR) is 248 cm³/mol. The Morgan fingerprint density at radius 3 is 2.39 bits per heavy atom. The van der Waals surface area contributed by atoms with Crippen molar-refractivity contribution < 1.29 is 43.2 Å². The van der Waals surface area contributed by atoms with E-state index in [0.717, 1.165) is 85.1 Å². The fourth-order valence-corrected chi connectivity index (χ4v) is 15.3. The van der Waals surface area contributed by atoms with Gasteiger partial charge >= 0.3 is 17.9 Å². The number of likely N-dealkylation sites (N-methyl/N-ethyl adjacent to an activating group) is 1. The van der Waals surface area contributed by atoms with Gasteiger partial charge in [0.2, 0.25) is 11.5 Å². The van der Waals surface area contributed by atoms with Gasteiger partial charge in [0.1, 0.15) is 11.2 Å². The lowest BCUT2D eigenvalue weighted by molar-refractivity contribution is -0.228. The number of para-hydroxylation sites is 1. The first-order valence-corrected chi connectivity index (χ1v) is 24.3. The van der Waals surface area contributed by atoms with Gasteiger partial charge in [-0.1, -0.05) is 57.0 Å². The van der Waals surface area contributed by atoms with Crippen LogP contribution in [0.5, 0.6) is 5.75 Å². The zero-order chi connectivity index (χ0) is 46.6. The molecule has 14 nitrogen and oxygen atoms in total. The summed E-state index contributed by atoms with van der Waals surface area (Å²) in [4.78, 5) is 68.0. The number of carbonyl (C=O) groups excluding carboxylic acids is 4. The first-order valence-electron chi connectivity index (χ1n) is 24.3. The van der Waals surface area contributed by atoms with E-state index < -0.39 is 57.4 Å². The molecule has 2 bridgehead atoms. The maximum absolute atomic E-state index is 15.7. The Balaban J connectivity index is 1.22. The maximum Gasteiger partial charge on any atom is 0.344 e. The lowest BCUT2D eigenvalue weighted by atomic mass is 9.47. The monoisotopic (exact) mass is 905 g/mol. The molecule has 1 spiro atoms. The summed E-state index contributed by atoms with van der Waals surface area (Å²) in [5.41, 5.74) is -1.18. The Morgan fingerprint density at radius 1 is 0.939 bits per heavy atom. The summed E-state index contributed by atoms with van der Waals surface area (Å²) in [5, 5.41) is 18.1. The zero-order valence-electron chi connectivity index (χ0n) is 39.7. The van der Waals surface area contributed by atoms with E-state index in [1.54, 1.807) is 7.11 Å². The second kappa shape index (κ2) is 16.1. The first kappa shape index (κ1) is 44.9. The number of H-pyrrole nitrogens is 1. The van der Waals surface area contributed by atoms with E-state index in [9.17, 15) is 19.5 Å². The van der Waals surface area contributed by atoms with E-state index in [0.29, 0.717) is 56.5 Å². The van der Waals surface area contributed by atoms with Crippen LogP contribution in [0.3, 0.4) is 0 Å². The second-order valence-electron chi connectivity index (χ2n) is 20.7. The quantitative estimate of drug-likeness (QED) is 0.145. The van der Waals surface area contributed by atoms with Crippen LogP contribution in [0.4, 0.5) is 5.69 Å². The molecule has 2 saturated carbocycles. The number of hydrogen-bond donors (Lipinski definition) is 3. The van der Waals surface area contributed by atoms with Crippen molar-refractivity contribution in [2.24, 2.45) is 17.3 Å². The van der Waals surface area contributed by atoms with Crippen LogP contribution >= 0.6 is 0 Å². The number of carbonyl (C=O) groups is 4. The highest BCUT2D eigenvalue weighted by Crippen LogP contribution is 2.68. The Morgan fingerprint density at radius 2 is 1.70 bits per heavy atom. The normalized spacial score (nSPS) is 35.7. The zero-order valence-corrected chi connectivity index (χ0v) is 39.7. The van der Waals surface area contributed by atoms with Gasteiger partial charge in [-0.3, -0.25) is 19.3 Å². The highest BCUT2D eigenvalue weighted by Gasteiger charge is 2.80. The van der Waals surface area contributed by atoms with Gasteiger partial charge in [-0.05, 0) is 87.1 Å². The average molecular weight is 906 g/mol. The van der Waals surface area contributed by atoms with Gasteiger partial charge in [0.05, 0.1) is 32.9 Å². The minimum absolute atomic E-state index is 0.0220. The van der Waals surface area contributed by atoms with Crippen molar-refractivity contribution in [2.45, 2.75) is 125 Å². The lowest BCUT2D eigenvalue weighted by Crippen LogP contribution is -2.81. The lowest BCUT2D eigenvalue weighted by Gasteiger charge is -2.63. The molecule has 1 unspecified atom stereocenters. The molecule has 5 aliphatic heterocycles. The molecular formula is C52H67N5O9. The number of benzene rings is 2. The molecule has 6 heterocycles. The van der Waals surface area contributed by atoms with Crippen LogP contribution in [0.15, 0.2) is 48.6 Å². The van der Waals surface area contributed by atoms with Crippen LogP contribution in [0.25, 0.3) is 10.9 Å². The third kappa shape index (κ3) is 6.08. The number of ether oxygens (including phenoxy) is 4.